The zero-order valence-corrected chi connectivity index (χ0v) is 18.9. The molecule has 0 bridgehead atoms. The molecule has 34 heavy (non-hydrogen) atoms. The third-order valence-corrected chi connectivity index (χ3v) is 7.34. The van der Waals surface area contributed by atoms with Gasteiger partial charge in [0, 0.05) is 34.5 Å². The van der Waals surface area contributed by atoms with Crippen LogP contribution in [0.2, 0.25) is 0 Å². The van der Waals surface area contributed by atoms with E-state index in [9.17, 15) is 18.0 Å². The molecule has 1 saturated heterocycles. The molecule has 10 heteroatoms. The average molecular weight is 485 g/mol. The number of rotatable bonds is 3. The summed E-state index contributed by atoms with van der Waals surface area (Å²) in [5, 5.41) is 14.1. The number of aromatic nitrogens is 1. The van der Waals surface area contributed by atoms with E-state index in [4.69, 9.17) is 9.83 Å². The number of likely N-dealkylation sites (N-methyl/N-ethyl adjacent to an activating group) is 1. The van der Waals surface area contributed by atoms with Crippen molar-refractivity contribution in [2.75, 3.05) is 7.05 Å². The first-order chi connectivity index (χ1) is 16.1. The number of hydrogen-bond donors (Lipinski definition) is 2. The molecule has 2 N–H and O–H groups in total. The van der Waals surface area contributed by atoms with Crippen LogP contribution in [0, 0.1) is 5.41 Å². The largest absolute Gasteiger partial charge is 0.464 e. The number of amides is 1. The summed E-state index contributed by atoms with van der Waals surface area (Å²) in [6.45, 7) is 1.85. The third-order valence-electron chi connectivity index (χ3n) is 6.18. The van der Waals surface area contributed by atoms with Gasteiger partial charge >= 0.3 is 6.18 Å². The molecule has 1 fully saturated rings. The summed E-state index contributed by atoms with van der Waals surface area (Å²) in [7, 11) is 1.55. The molecule has 4 heterocycles. The van der Waals surface area contributed by atoms with Crippen LogP contribution in [-0.4, -0.2) is 28.8 Å². The van der Waals surface area contributed by atoms with E-state index in [0.29, 0.717) is 16.8 Å². The minimum atomic E-state index is -4.46. The summed E-state index contributed by atoms with van der Waals surface area (Å²) < 4.78 is 44.1. The predicted octanol–water partition coefficient (Wildman–Crippen LogP) is 5.57. The summed E-state index contributed by atoms with van der Waals surface area (Å²) in [5.74, 6) is -0.926. The van der Waals surface area contributed by atoms with Crippen molar-refractivity contribution in [3.05, 3.63) is 76.3 Å². The molecule has 5 rings (SSSR count). The van der Waals surface area contributed by atoms with Gasteiger partial charge in [-0.1, -0.05) is 6.07 Å². The van der Waals surface area contributed by atoms with Crippen LogP contribution in [0.3, 0.4) is 0 Å². The van der Waals surface area contributed by atoms with E-state index >= 15 is 0 Å². The monoisotopic (exact) mass is 484 g/mol. The van der Waals surface area contributed by atoms with E-state index in [0.717, 1.165) is 28.1 Å². The number of halogens is 3. The summed E-state index contributed by atoms with van der Waals surface area (Å²) in [6, 6.07) is 11.5. The van der Waals surface area contributed by atoms with E-state index in [1.54, 1.807) is 18.7 Å². The molecule has 6 nitrogen and oxygen atoms in total. The zero-order valence-electron chi connectivity index (χ0n) is 18.1. The highest BCUT2D eigenvalue weighted by Gasteiger charge is 2.49. The van der Waals surface area contributed by atoms with Gasteiger partial charge in [0.1, 0.15) is 5.58 Å². The lowest BCUT2D eigenvalue weighted by atomic mass is 9.76. The van der Waals surface area contributed by atoms with Gasteiger partial charge in [0.15, 0.2) is 5.96 Å². The van der Waals surface area contributed by atoms with Crippen molar-refractivity contribution in [2.45, 2.75) is 24.6 Å². The minimum Gasteiger partial charge on any atom is -0.464 e. The first-order valence-corrected chi connectivity index (χ1v) is 11.2. The lowest BCUT2D eigenvalue weighted by Crippen LogP contribution is -2.62. The average Bonchev–Trinajstić information content (AvgIpc) is 3.47. The molecule has 1 amide bonds. The van der Waals surface area contributed by atoms with Crippen molar-refractivity contribution in [1.82, 2.24) is 15.2 Å². The van der Waals surface area contributed by atoms with Crippen molar-refractivity contribution in [1.29, 1.82) is 5.41 Å². The Kier molecular flexibility index (Phi) is 5.01. The van der Waals surface area contributed by atoms with Crippen LogP contribution in [0.1, 0.15) is 28.8 Å². The Labute approximate surface area is 196 Å². The van der Waals surface area contributed by atoms with Gasteiger partial charge in [-0.15, -0.1) is 11.3 Å². The van der Waals surface area contributed by atoms with E-state index in [-0.39, 0.29) is 11.9 Å². The Hall–Kier alpha value is -3.66. The van der Waals surface area contributed by atoms with Gasteiger partial charge in [-0.2, -0.15) is 13.2 Å². The number of nitrogens with zero attached hydrogens (tertiary/aromatic N) is 2. The molecular formula is C24H19F3N4O2S. The number of fused-ring (bicyclic) bond motifs is 1. The number of alkyl halides is 3. The second kappa shape index (κ2) is 7.69. The van der Waals surface area contributed by atoms with Gasteiger partial charge in [0.25, 0.3) is 0 Å². The Morgan fingerprint density at radius 3 is 2.71 bits per heavy atom. The van der Waals surface area contributed by atoms with Crippen LogP contribution < -0.4 is 5.32 Å². The second-order valence-electron chi connectivity index (χ2n) is 8.35. The fourth-order valence-corrected chi connectivity index (χ4v) is 5.32. The number of carbonyl (C=O) groups is 1. The Bertz CT molecular complexity index is 1410. The van der Waals surface area contributed by atoms with Gasteiger partial charge in [0.2, 0.25) is 5.91 Å². The number of carbonyl (C=O) groups excluding carboxylic acids is 1. The Morgan fingerprint density at radius 2 is 2.00 bits per heavy atom. The molecule has 1 aliphatic rings. The van der Waals surface area contributed by atoms with Crippen LogP contribution in [0.25, 0.3) is 22.2 Å². The Balaban J connectivity index is 1.57. The molecule has 2 atom stereocenters. The lowest BCUT2D eigenvalue weighted by Gasteiger charge is -2.45. The molecule has 1 aromatic carbocycles. The van der Waals surface area contributed by atoms with Gasteiger partial charge < -0.3 is 9.73 Å². The van der Waals surface area contributed by atoms with Crippen molar-refractivity contribution >= 4 is 34.2 Å². The van der Waals surface area contributed by atoms with Crippen LogP contribution in [0.4, 0.5) is 13.2 Å². The van der Waals surface area contributed by atoms with E-state index in [1.807, 2.05) is 37.3 Å². The van der Waals surface area contributed by atoms with Gasteiger partial charge in [-0.3, -0.25) is 20.1 Å². The number of pyridine rings is 1. The number of thiophene rings is 1. The van der Waals surface area contributed by atoms with E-state index in [1.165, 1.54) is 22.3 Å². The standard InChI is InChI=1S/C24H19F3N4O2S/c1-23(19-10-15(12-34-19)17-5-4-16(11-29-17)24(25,26)27)20(21(32)31(2)22(28)30-23)14-3-6-18-13(9-14)7-8-33-18/h3-12,20H,1-2H3,(H2,28,30)/t20-,23-/m1/s1. The highest BCUT2D eigenvalue weighted by atomic mass is 32.1. The first kappa shape index (κ1) is 22.1. The maximum atomic E-state index is 13.4. The van der Waals surface area contributed by atoms with Crippen LogP contribution in [0.15, 0.2) is 64.7 Å². The van der Waals surface area contributed by atoms with Gasteiger partial charge in [0.05, 0.1) is 29.0 Å². The van der Waals surface area contributed by atoms with Crippen molar-refractivity contribution < 1.29 is 22.4 Å². The number of hydrogen-bond acceptors (Lipinski definition) is 5. The fraction of sp³-hybridized carbons (Fsp3) is 0.208. The number of nitrogens with one attached hydrogen (secondary N) is 2. The molecule has 0 radical (unpaired) electrons. The van der Waals surface area contributed by atoms with Crippen molar-refractivity contribution in [3.8, 4) is 11.3 Å². The molecule has 0 saturated carbocycles. The van der Waals surface area contributed by atoms with Crippen LogP contribution in [-0.2, 0) is 16.5 Å². The quantitative estimate of drug-likeness (QED) is 0.398. The minimum absolute atomic E-state index is 0.0317. The number of benzene rings is 1. The van der Waals surface area contributed by atoms with Gasteiger partial charge in [-0.25, -0.2) is 0 Å². The second-order valence-corrected chi connectivity index (χ2v) is 9.26. The van der Waals surface area contributed by atoms with E-state index < -0.39 is 23.2 Å². The van der Waals surface area contributed by atoms with E-state index in [2.05, 4.69) is 10.3 Å². The molecule has 1 aliphatic heterocycles. The number of furan rings is 1. The summed E-state index contributed by atoms with van der Waals surface area (Å²) in [6.07, 6.45) is -2.07. The highest BCUT2D eigenvalue weighted by Crippen LogP contribution is 2.44. The number of guanidine groups is 1. The zero-order chi connectivity index (χ0) is 24.3. The smallest absolute Gasteiger partial charge is 0.417 e. The lowest BCUT2D eigenvalue weighted by molar-refractivity contribution is -0.137. The molecular weight excluding hydrogens is 465 g/mol. The first-order valence-electron chi connectivity index (χ1n) is 10.3. The fourth-order valence-electron chi connectivity index (χ4n) is 4.27. The molecule has 0 aliphatic carbocycles. The maximum Gasteiger partial charge on any atom is 0.417 e. The van der Waals surface area contributed by atoms with Crippen LogP contribution in [0.5, 0.6) is 0 Å². The SMILES string of the molecule is CN1C(=N)N[C@](C)(c2cc(-c3ccc(C(F)(F)F)cn3)cs2)[C@H](c2ccc3occc3c2)C1=O. The molecule has 4 aromatic rings. The summed E-state index contributed by atoms with van der Waals surface area (Å²) >= 11 is 1.36. The third kappa shape index (κ3) is 3.54. The Morgan fingerprint density at radius 1 is 1.21 bits per heavy atom. The predicted molar refractivity (Wildman–Crippen MR) is 122 cm³/mol. The van der Waals surface area contributed by atoms with Crippen molar-refractivity contribution in [2.24, 2.45) is 0 Å². The maximum absolute atomic E-state index is 13.4. The highest BCUT2D eigenvalue weighted by molar-refractivity contribution is 7.10. The molecule has 0 spiro atoms. The normalized spacial score (nSPS) is 21.2. The summed E-state index contributed by atoms with van der Waals surface area (Å²) in [5.41, 5.74) is 0.714. The molecule has 174 valence electrons. The van der Waals surface area contributed by atoms with Crippen LogP contribution >= 0.6 is 11.3 Å². The topological polar surface area (TPSA) is 82.2 Å². The summed E-state index contributed by atoms with van der Waals surface area (Å²) in [4.78, 5) is 19.4. The molecule has 3 aromatic heterocycles. The van der Waals surface area contributed by atoms with Crippen molar-refractivity contribution in [3.63, 3.8) is 0 Å². The molecule has 0 unspecified atom stereocenters. The van der Waals surface area contributed by atoms with Gasteiger partial charge in [-0.05, 0) is 48.9 Å².